The van der Waals surface area contributed by atoms with E-state index in [4.69, 9.17) is 45.4 Å². The number of benzene rings is 2. The van der Waals surface area contributed by atoms with Crippen molar-refractivity contribution in [3.63, 3.8) is 0 Å². The molecular weight excluding hydrogens is 902 g/mol. The normalized spacial score (nSPS) is 12.8. The number of pyridine rings is 1. The number of nitrogens with zero attached hydrogens (tertiary/aromatic N) is 4. The molecule has 4 N–H and O–H groups in total. The fourth-order valence-corrected chi connectivity index (χ4v) is 7.25. The Morgan fingerprint density at radius 3 is 1.84 bits per heavy atom. The first-order valence-corrected chi connectivity index (χ1v) is 22.9. The van der Waals surface area contributed by atoms with Gasteiger partial charge in [-0.1, -0.05) is 63.2 Å². The molecule has 0 bridgehead atoms. The monoisotopic (exact) mass is 959 g/mol. The number of nitrogens with two attached hydrogens (primary N) is 1. The molecule has 3 atom stereocenters. The lowest BCUT2D eigenvalue weighted by molar-refractivity contribution is -0.163. The van der Waals surface area contributed by atoms with Crippen LogP contribution >= 0.6 is 23.4 Å². The number of thioether (sulfide) groups is 1. The summed E-state index contributed by atoms with van der Waals surface area (Å²) in [4.78, 5) is 61.6. The predicted molar refractivity (Wildman–Crippen MR) is 252 cm³/mol. The van der Waals surface area contributed by atoms with E-state index in [1.807, 2.05) is 27.7 Å². The van der Waals surface area contributed by atoms with E-state index in [1.54, 1.807) is 90.1 Å². The minimum absolute atomic E-state index is 0.00249. The number of ether oxygens (including phenoxy) is 5. The van der Waals surface area contributed by atoms with Gasteiger partial charge in [-0.25, -0.2) is 29.1 Å². The van der Waals surface area contributed by atoms with Crippen LogP contribution in [0, 0.1) is 34.5 Å². The highest BCUT2D eigenvalue weighted by Crippen LogP contribution is 2.37. The molecule has 0 saturated carbocycles. The van der Waals surface area contributed by atoms with Gasteiger partial charge in [0, 0.05) is 21.9 Å². The van der Waals surface area contributed by atoms with Crippen molar-refractivity contribution in [2.24, 2.45) is 11.8 Å². The molecule has 2 heterocycles. The minimum atomic E-state index is -1.21. The highest BCUT2D eigenvalue weighted by Gasteiger charge is 2.32. The number of hydrogen-bond donors (Lipinski definition) is 3. The molecule has 4 rings (SSSR count). The molecule has 0 spiro atoms. The third kappa shape index (κ3) is 17.0. The molecule has 0 saturated heterocycles. The third-order valence-corrected chi connectivity index (χ3v) is 10.3. The molecule has 2 amide bonds. The summed E-state index contributed by atoms with van der Waals surface area (Å²) in [5, 5.41) is 26.5. The van der Waals surface area contributed by atoms with E-state index in [0.29, 0.717) is 22.2 Å². The average molecular weight is 961 g/mol. The summed E-state index contributed by atoms with van der Waals surface area (Å²) < 4.78 is 34.0. The van der Waals surface area contributed by atoms with Gasteiger partial charge in [0.15, 0.2) is 6.10 Å². The quantitative estimate of drug-likeness (QED) is 0.0449. The summed E-state index contributed by atoms with van der Waals surface area (Å²) in [5.41, 5.74) is 6.78. The number of oxazole rings is 1. The number of nitrogens with one attached hydrogen (secondary N) is 2. The molecule has 0 fully saturated rings. The molecule has 0 aliphatic rings. The molecular formula is C48H58ClN7O10S. The van der Waals surface area contributed by atoms with Crippen molar-refractivity contribution in [2.75, 3.05) is 18.9 Å². The van der Waals surface area contributed by atoms with Gasteiger partial charge in [0.25, 0.3) is 0 Å². The van der Waals surface area contributed by atoms with Gasteiger partial charge in [-0.05, 0) is 108 Å². The first kappa shape index (κ1) is 53.1. The van der Waals surface area contributed by atoms with E-state index in [9.17, 15) is 29.7 Å². The molecule has 2 aromatic heterocycles. The maximum absolute atomic E-state index is 13.7. The van der Waals surface area contributed by atoms with Crippen LogP contribution in [0.3, 0.4) is 0 Å². The average Bonchev–Trinajstić information content (AvgIpc) is 3.70. The van der Waals surface area contributed by atoms with E-state index >= 15 is 0 Å². The van der Waals surface area contributed by atoms with Crippen molar-refractivity contribution in [3.8, 4) is 40.5 Å². The van der Waals surface area contributed by atoms with Gasteiger partial charge in [0.05, 0.1) is 11.3 Å². The molecule has 19 heteroatoms. The Morgan fingerprint density at radius 2 is 1.31 bits per heavy atom. The van der Waals surface area contributed by atoms with Crippen molar-refractivity contribution >= 4 is 53.3 Å². The Kier molecular flexibility index (Phi) is 18.9. The molecule has 4 aromatic rings. The number of rotatable bonds is 19. The Bertz CT molecular complexity index is 2430. The van der Waals surface area contributed by atoms with Crippen LogP contribution in [0.1, 0.15) is 98.9 Å². The van der Waals surface area contributed by atoms with Crippen molar-refractivity contribution < 1.29 is 47.3 Å². The lowest BCUT2D eigenvalue weighted by Crippen LogP contribution is -2.47. The number of amides is 2. The van der Waals surface area contributed by atoms with Gasteiger partial charge >= 0.3 is 24.1 Å². The van der Waals surface area contributed by atoms with Crippen LogP contribution in [0.5, 0.6) is 5.75 Å². The van der Waals surface area contributed by atoms with Crippen molar-refractivity contribution in [1.29, 1.82) is 10.5 Å². The van der Waals surface area contributed by atoms with Crippen molar-refractivity contribution in [1.82, 2.24) is 20.6 Å². The molecule has 0 aliphatic carbocycles. The van der Waals surface area contributed by atoms with E-state index in [-0.39, 0.29) is 70.3 Å². The Hall–Kier alpha value is -6.50. The van der Waals surface area contributed by atoms with Crippen LogP contribution < -0.4 is 21.1 Å². The number of hydrogen-bond acceptors (Lipinski definition) is 16. The largest absolute Gasteiger partial charge is 0.490 e. The van der Waals surface area contributed by atoms with E-state index < -0.39 is 60.1 Å². The predicted octanol–water partition coefficient (Wildman–Crippen LogP) is 9.39. The molecule has 67 heavy (non-hydrogen) atoms. The molecule has 0 aliphatic heterocycles. The van der Waals surface area contributed by atoms with Crippen LogP contribution in [-0.4, -0.2) is 76.7 Å². The van der Waals surface area contributed by atoms with Crippen LogP contribution in [0.2, 0.25) is 5.02 Å². The van der Waals surface area contributed by atoms with E-state index in [1.165, 1.54) is 18.0 Å². The summed E-state index contributed by atoms with van der Waals surface area (Å²) >= 11 is 7.22. The number of carbonyl (C=O) groups is 4. The zero-order valence-corrected chi connectivity index (χ0v) is 40.9. The van der Waals surface area contributed by atoms with Crippen LogP contribution in [0.4, 0.5) is 15.4 Å². The summed E-state index contributed by atoms with van der Waals surface area (Å²) in [7, 11) is 0. The molecule has 0 radical (unpaired) electrons. The van der Waals surface area contributed by atoms with Gasteiger partial charge in [0.2, 0.25) is 5.89 Å². The highest BCUT2D eigenvalue weighted by molar-refractivity contribution is 7.98. The summed E-state index contributed by atoms with van der Waals surface area (Å²) in [6.07, 6.45) is -0.917. The van der Waals surface area contributed by atoms with Gasteiger partial charge < -0.3 is 44.5 Å². The molecule has 17 nitrogen and oxygen atoms in total. The van der Waals surface area contributed by atoms with Crippen LogP contribution in [0.25, 0.3) is 22.6 Å². The standard InChI is InChI=1S/C48H58ClN7O10S/c1-27(2)19-37(54-45(59)65-47(5,6)7)43(57)63-25-34(64-44(58)38(20-28(3)4)55-46(60)66-48(8,9)10)24-61-33-17-13-29(14-18-33)39-35(21-50)40(52)56-42(36(39)22-51)67-26-32-23-62-41(53-32)30-11-15-31(49)16-12-30/h11-18,23,27-28,34,37-38H,19-20,24-26H2,1-10H3,(H2,52,56)(H,54,59)(H,55,60)/t34-,37?,38?/m0/s1. The van der Waals surface area contributed by atoms with E-state index in [2.05, 4.69) is 32.7 Å². The fraction of sp³-hybridized carbons (Fsp3) is 0.458. The van der Waals surface area contributed by atoms with Gasteiger partial charge in [-0.15, -0.1) is 0 Å². The number of halogens is 1. The molecule has 358 valence electrons. The number of carbonyl (C=O) groups excluding carboxylic acids is 4. The number of anilines is 1. The maximum Gasteiger partial charge on any atom is 0.408 e. The number of nitriles is 2. The first-order valence-electron chi connectivity index (χ1n) is 21.5. The van der Waals surface area contributed by atoms with Gasteiger partial charge in [-0.3, -0.25) is 0 Å². The van der Waals surface area contributed by atoms with Crippen LogP contribution in [-0.2, 0) is 34.3 Å². The Balaban J connectivity index is 1.57. The third-order valence-electron chi connectivity index (χ3n) is 9.05. The summed E-state index contributed by atoms with van der Waals surface area (Å²) in [5.74, 6) is -0.836. The second kappa shape index (κ2) is 23.8. The SMILES string of the molecule is CC(C)CC(NC(=O)OC(C)(C)C)C(=O)OC[C@H](COc1ccc(-c2c(C#N)c(N)nc(SCc3coc(-c4ccc(Cl)cc4)n3)c2C#N)cc1)OC(=O)C(CC(C)C)NC(=O)OC(C)(C)C. The molecule has 2 unspecified atom stereocenters. The number of nitrogen functional groups attached to an aromatic ring is 1. The number of esters is 2. The van der Waals surface area contributed by atoms with Crippen molar-refractivity contribution in [2.45, 2.75) is 122 Å². The number of alkyl carbamates (subject to hydrolysis) is 2. The zero-order chi connectivity index (χ0) is 49.6. The second-order valence-corrected chi connectivity index (χ2v) is 19.7. The zero-order valence-electron chi connectivity index (χ0n) is 39.4. The van der Waals surface area contributed by atoms with Gasteiger partial charge in [-0.2, -0.15) is 10.5 Å². The lowest BCUT2D eigenvalue weighted by atomic mass is 9.97. The van der Waals surface area contributed by atoms with Gasteiger partial charge in [0.1, 0.15) is 77.1 Å². The Morgan fingerprint density at radius 1 is 0.776 bits per heavy atom. The molecule has 2 aromatic carbocycles. The fourth-order valence-electron chi connectivity index (χ4n) is 6.25. The summed E-state index contributed by atoms with van der Waals surface area (Å²) in [6, 6.07) is 15.5. The van der Waals surface area contributed by atoms with E-state index in [0.717, 1.165) is 5.56 Å². The lowest BCUT2D eigenvalue weighted by Gasteiger charge is -2.26. The highest BCUT2D eigenvalue weighted by atomic mass is 35.5. The Labute approximate surface area is 400 Å². The summed E-state index contributed by atoms with van der Waals surface area (Å²) in [6.45, 7) is 16.8. The minimum Gasteiger partial charge on any atom is -0.490 e. The van der Waals surface area contributed by atoms with Crippen molar-refractivity contribution in [3.05, 3.63) is 76.6 Å². The second-order valence-electron chi connectivity index (χ2n) is 18.3. The smallest absolute Gasteiger partial charge is 0.408 e. The first-order chi connectivity index (χ1) is 31.4. The maximum atomic E-state index is 13.7. The number of aromatic nitrogens is 2. The van der Waals surface area contributed by atoms with Crippen LogP contribution in [0.15, 0.2) is 64.2 Å². The topological polar surface area (TPSA) is 251 Å².